The van der Waals surface area contributed by atoms with Crippen molar-refractivity contribution in [1.29, 1.82) is 0 Å². The second-order valence-corrected chi connectivity index (χ2v) is 4.36. The van der Waals surface area contributed by atoms with Crippen LogP contribution in [0.3, 0.4) is 0 Å². The number of hydrogen-bond acceptors (Lipinski definition) is 5. The quantitative estimate of drug-likeness (QED) is 0.822. The van der Waals surface area contributed by atoms with E-state index in [-0.39, 0.29) is 11.9 Å². The van der Waals surface area contributed by atoms with Crippen LogP contribution in [0.25, 0.3) is 0 Å². The summed E-state index contributed by atoms with van der Waals surface area (Å²) in [6, 6.07) is 8.90. The van der Waals surface area contributed by atoms with E-state index in [0.29, 0.717) is 24.5 Å². The number of carbonyl (C=O) groups is 1. The molecule has 0 aliphatic carbocycles. The van der Waals surface area contributed by atoms with Crippen molar-refractivity contribution in [2.75, 3.05) is 20.3 Å². The van der Waals surface area contributed by atoms with Gasteiger partial charge in [0.05, 0.1) is 6.61 Å². The van der Waals surface area contributed by atoms with Crippen molar-refractivity contribution in [3.05, 3.63) is 47.8 Å². The molecule has 0 bridgehead atoms. The van der Waals surface area contributed by atoms with Crippen LogP contribution in [0, 0.1) is 6.92 Å². The molecule has 21 heavy (non-hydrogen) atoms. The molecule has 6 nitrogen and oxygen atoms in total. The van der Waals surface area contributed by atoms with Crippen molar-refractivity contribution >= 4 is 5.91 Å². The first-order valence-corrected chi connectivity index (χ1v) is 6.54. The average molecular weight is 287 g/mol. The van der Waals surface area contributed by atoms with E-state index in [0.717, 1.165) is 5.69 Å². The Hall–Kier alpha value is -2.47. The second kappa shape index (κ2) is 7.35. The summed E-state index contributed by atoms with van der Waals surface area (Å²) >= 11 is 0. The standard InChI is InChI=1S/C15H17N3O3/c1-11-6-7-17-15(18-11)21-13-5-3-4-12(10-13)14(19)16-8-9-20-2/h3-7,10H,8-9H2,1-2H3,(H,16,19). The lowest BCUT2D eigenvalue weighted by atomic mass is 10.2. The summed E-state index contributed by atoms with van der Waals surface area (Å²) in [5, 5.41) is 2.75. The van der Waals surface area contributed by atoms with Crippen molar-refractivity contribution in [1.82, 2.24) is 15.3 Å². The Morgan fingerprint density at radius 2 is 2.19 bits per heavy atom. The van der Waals surface area contributed by atoms with Gasteiger partial charge in [0.15, 0.2) is 0 Å². The molecule has 1 heterocycles. The lowest BCUT2D eigenvalue weighted by Gasteiger charge is -2.07. The van der Waals surface area contributed by atoms with Gasteiger partial charge in [0.2, 0.25) is 0 Å². The Kier molecular flexibility index (Phi) is 5.22. The van der Waals surface area contributed by atoms with Gasteiger partial charge < -0.3 is 14.8 Å². The van der Waals surface area contributed by atoms with Gasteiger partial charge in [-0.3, -0.25) is 4.79 Å². The highest BCUT2D eigenvalue weighted by atomic mass is 16.5. The van der Waals surface area contributed by atoms with Gasteiger partial charge in [0.1, 0.15) is 5.75 Å². The van der Waals surface area contributed by atoms with Gasteiger partial charge in [-0.15, -0.1) is 0 Å². The number of nitrogens with zero attached hydrogens (tertiary/aromatic N) is 2. The highest BCUT2D eigenvalue weighted by molar-refractivity contribution is 5.94. The third-order valence-electron chi connectivity index (χ3n) is 2.67. The number of nitrogens with one attached hydrogen (secondary N) is 1. The van der Waals surface area contributed by atoms with Gasteiger partial charge in [0, 0.05) is 31.1 Å². The lowest BCUT2D eigenvalue weighted by molar-refractivity contribution is 0.0937. The summed E-state index contributed by atoms with van der Waals surface area (Å²) < 4.78 is 10.4. The first-order chi connectivity index (χ1) is 10.2. The summed E-state index contributed by atoms with van der Waals surface area (Å²) in [6.07, 6.45) is 1.62. The maximum Gasteiger partial charge on any atom is 0.322 e. The Morgan fingerprint density at radius 1 is 1.33 bits per heavy atom. The van der Waals surface area contributed by atoms with Crippen LogP contribution in [-0.2, 0) is 4.74 Å². The van der Waals surface area contributed by atoms with E-state index in [1.165, 1.54) is 0 Å². The molecule has 1 aromatic heterocycles. The summed E-state index contributed by atoms with van der Waals surface area (Å²) in [4.78, 5) is 20.1. The van der Waals surface area contributed by atoms with Gasteiger partial charge in [-0.25, -0.2) is 9.97 Å². The normalized spacial score (nSPS) is 10.2. The van der Waals surface area contributed by atoms with Crippen molar-refractivity contribution in [3.8, 4) is 11.8 Å². The van der Waals surface area contributed by atoms with E-state index in [9.17, 15) is 4.79 Å². The molecule has 2 aromatic rings. The van der Waals surface area contributed by atoms with Crippen LogP contribution in [0.15, 0.2) is 36.5 Å². The molecule has 1 N–H and O–H groups in total. The van der Waals surface area contributed by atoms with Crippen LogP contribution >= 0.6 is 0 Å². The molecule has 0 fully saturated rings. The van der Waals surface area contributed by atoms with Crippen LogP contribution in [0.1, 0.15) is 16.1 Å². The number of amides is 1. The number of aromatic nitrogens is 2. The van der Waals surface area contributed by atoms with Gasteiger partial charge in [-0.1, -0.05) is 6.07 Å². The maximum absolute atomic E-state index is 11.9. The monoisotopic (exact) mass is 287 g/mol. The van der Waals surface area contributed by atoms with Crippen LogP contribution < -0.4 is 10.1 Å². The van der Waals surface area contributed by atoms with E-state index in [1.54, 1.807) is 43.6 Å². The molecule has 0 unspecified atom stereocenters. The van der Waals surface area contributed by atoms with Crippen LogP contribution in [0.2, 0.25) is 0 Å². The van der Waals surface area contributed by atoms with Crippen LogP contribution in [-0.4, -0.2) is 36.1 Å². The van der Waals surface area contributed by atoms with E-state index in [2.05, 4.69) is 15.3 Å². The minimum Gasteiger partial charge on any atom is -0.424 e. The largest absolute Gasteiger partial charge is 0.424 e. The molecule has 1 aromatic carbocycles. The maximum atomic E-state index is 11.9. The van der Waals surface area contributed by atoms with Crippen molar-refractivity contribution in [2.45, 2.75) is 6.92 Å². The Labute approximate surface area is 123 Å². The molecule has 0 saturated heterocycles. The smallest absolute Gasteiger partial charge is 0.322 e. The molecule has 0 atom stereocenters. The van der Waals surface area contributed by atoms with Crippen molar-refractivity contribution in [3.63, 3.8) is 0 Å². The van der Waals surface area contributed by atoms with Gasteiger partial charge >= 0.3 is 6.01 Å². The summed E-state index contributed by atoms with van der Waals surface area (Å²) in [7, 11) is 1.59. The third-order valence-corrected chi connectivity index (χ3v) is 2.67. The molecule has 1 amide bonds. The van der Waals surface area contributed by atoms with Crippen LogP contribution in [0.5, 0.6) is 11.8 Å². The highest BCUT2D eigenvalue weighted by Gasteiger charge is 2.07. The molecule has 0 aliphatic heterocycles. The van der Waals surface area contributed by atoms with E-state index < -0.39 is 0 Å². The number of hydrogen-bond donors (Lipinski definition) is 1. The molecule has 0 saturated carbocycles. The molecule has 110 valence electrons. The average Bonchev–Trinajstić information content (AvgIpc) is 2.48. The highest BCUT2D eigenvalue weighted by Crippen LogP contribution is 2.18. The molecule has 0 spiro atoms. The Balaban J connectivity index is 2.05. The fourth-order valence-electron chi connectivity index (χ4n) is 1.65. The molecule has 2 rings (SSSR count). The number of rotatable bonds is 6. The number of ether oxygens (including phenoxy) is 2. The SMILES string of the molecule is COCCNC(=O)c1cccc(Oc2nccc(C)n2)c1. The zero-order valence-corrected chi connectivity index (χ0v) is 12.0. The number of carbonyl (C=O) groups excluding carboxylic acids is 1. The topological polar surface area (TPSA) is 73.3 Å². The predicted octanol–water partition coefficient (Wildman–Crippen LogP) is 1.95. The predicted molar refractivity (Wildman–Crippen MR) is 77.5 cm³/mol. The van der Waals surface area contributed by atoms with Gasteiger partial charge in [0.25, 0.3) is 5.91 Å². The second-order valence-electron chi connectivity index (χ2n) is 4.36. The van der Waals surface area contributed by atoms with E-state index in [4.69, 9.17) is 9.47 Å². The minimum atomic E-state index is -0.178. The lowest BCUT2D eigenvalue weighted by Crippen LogP contribution is -2.26. The zero-order valence-electron chi connectivity index (χ0n) is 12.0. The fraction of sp³-hybridized carbons (Fsp3) is 0.267. The molecular weight excluding hydrogens is 270 g/mol. The fourth-order valence-corrected chi connectivity index (χ4v) is 1.65. The first-order valence-electron chi connectivity index (χ1n) is 6.54. The Morgan fingerprint density at radius 3 is 2.95 bits per heavy atom. The summed E-state index contributed by atoms with van der Waals surface area (Å²) in [5.41, 5.74) is 1.32. The number of aryl methyl sites for hydroxylation is 1. The number of methoxy groups -OCH3 is 1. The van der Waals surface area contributed by atoms with Gasteiger partial charge in [-0.2, -0.15) is 0 Å². The summed E-state index contributed by atoms with van der Waals surface area (Å²) in [6.45, 7) is 2.79. The molecule has 0 radical (unpaired) electrons. The molecule has 0 aliphatic rings. The number of benzene rings is 1. The minimum absolute atomic E-state index is 0.178. The van der Waals surface area contributed by atoms with Crippen molar-refractivity contribution < 1.29 is 14.3 Å². The van der Waals surface area contributed by atoms with Crippen molar-refractivity contribution in [2.24, 2.45) is 0 Å². The van der Waals surface area contributed by atoms with E-state index >= 15 is 0 Å². The Bertz CT molecular complexity index is 617. The molecular formula is C15H17N3O3. The zero-order chi connectivity index (χ0) is 15.1. The summed E-state index contributed by atoms with van der Waals surface area (Å²) in [5.74, 6) is 0.336. The third kappa shape index (κ3) is 4.54. The van der Waals surface area contributed by atoms with E-state index in [1.807, 2.05) is 6.92 Å². The van der Waals surface area contributed by atoms with Gasteiger partial charge in [-0.05, 0) is 31.2 Å². The first kappa shape index (κ1) is 14.9. The van der Waals surface area contributed by atoms with Crippen LogP contribution in [0.4, 0.5) is 0 Å². The molecule has 6 heteroatoms.